The van der Waals surface area contributed by atoms with E-state index < -0.39 is 59.7 Å². The second kappa shape index (κ2) is 10.5. The highest BCUT2D eigenvalue weighted by atomic mass is 35.5. The molecule has 0 spiro atoms. The summed E-state index contributed by atoms with van der Waals surface area (Å²) in [5.74, 6) is -7.35. The van der Waals surface area contributed by atoms with Gasteiger partial charge in [0.15, 0.2) is 5.60 Å². The fourth-order valence-electron chi connectivity index (χ4n) is 7.21. The van der Waals surface area contributed by atoms with E-state index in [1.165, 1.54) is 12.1 Å². The number of nitrogens with one attached hydrogen (secondary N) is 2. The molecule has 7 rings (SSSR count). The first-order chi connectivity index (χ1) is 20.0. The summed E-state index contributed by atoms with van der Waals surface area (Å²) in [4.78, 5) is 41.7. The predicted octanol–water partition coefficient (Wildman–Crippen LogP) is 4.15. The maximum atomic E-state index is 15.3. The topological polar surface area (TPSA) is 123 Å². The highest BCUT2D eigenvalue weighted by molar-refractivity contribution is 6.31. The van der Waals surface area contributed by atoms with Crippen LogP contribution < -0.4 is 10.6 Å². The summed E-state index contributed by atoms with van der Waals surface area (Å²) in [5, 5.41) is 27.8. The first-order valence-electron chi connectivity index (χ1n) is 14.0. The third-order valence-corrected chi connectivity index (χ3v) is 9.64. The molecule has 3 heterocycles. The Labute approximate surface area is 251 Å². The van der Waals surface area contributed by atoms with E-state index in [9.17, 15) is 24.8 Å². The summed E-state index contributed by atoms with van der Waals surface area (Å²) in [7, 11) is 0. The van der Waals surface area contributed by atoms with Crippen molar-refractivity contribution in [2.24, 2.45) is 11.8 Å². The Morgan fingerprint density at radius 3 is 2.33 bits per heavy atom. The van der Waals surface area contributed by atoms with Crippen molar-refractivity contribution >= 4 is 40.9 Å². The monoisotopic (exact) mass is 616 g/mol. The van der Waals surface area contributed by atoms with Crippen LogP contribution in [0.2, 0.25) is 10.0 Å². The number of aliphatic hydroxyl groups is 1. The number of hydrogen-bond acceptors (Lipinski definition) is 5. The van der Waals surface area contributed by atoms with Crippen LogP contribution in [0.25, 0.3) is 11.1 Å². The van der Waals surface area contributed by atoms with Crippen molar-refractivity contribution in [2.75, 3.05) is 6.54 Å². The Kier molecular flexibility index (Phi) is 7.19. The summed E-state index contributed by atoms with van der Waals surface area (Å²) in [6, 6.07) is 7.61. The Morgan fingerprint density at radius 1 is 1.12 bits per heavy atom. The van der Waals surface area contributed by atoms with E-state index in [1.54, 1.807) is 24.3 Å². The predicted molar refractivity (Wildman–Crippen MR) is 150 cm³/mol. The standard InChI is InChI=1S/C30H28Cl2F2N4O4/c31-16-3-6-20-21-7-4-17(32)12-24(21)30(42,23(20)11-16)28(41)38-19-5-8-22(29(33,34)13-19)25(38)27(40)37-18(14-35)10-15-2-1-9-36-26(15)39/h3-4,6-7,11-12,15,18-19,22,25,42H,1-2,5,8-10,13H2,(H,36,39)(H,37,40)/t15-,18+,19+,22+,25+/m1/s1. The lowest BCUT2D eigenvalue weighted by Crippen LogP contribution is -2.70. The Balaban J connectivity index is 1.38. The molecule has 220 valence electrons. The number of hydrogen-bond donors (Lipinski definition) is 3. The second-order valence-corrected chi connectivity index (χ2v) is 12.5. The molecule has 3 amide bonds. The fourth-order valence-corrected chi connectivity index (χ4v) is 7.55. The van der Waals surface area contributed by atoms with E-state index in [4.69, 9.17) is 23.2 Å². The van der Waals surface area contributed by atoms with Gasteiger partial charge in [-0.2, -0.15) is 5.26 Å². The van der Waals surface area contributed by atoms with E-state index in [2.05, 4.69) is 10.6 Å². The SMILES string of the molecule is N#C[C@H](C[C@H]1CCCNC1=O)NC(=O)[C@@H]1[C@@H]2CC[C@@H](CC2(F)F)N1C(=O)C1(O)c2cc(Cl)ccc2-c2ccc(Cl)cc21. The molecule has 0 radical (unpaired) electrons. The van der Waals surface area contributed by atoms with Crippen LogP contribution in [0.1, 0.15) is 49.7 Å². The number of nitriles is 1. The van der Waals surface area contributed by atoms with Gasteiger partial charge in [0.05, 0.1) is 12.0 Å². The van der Waals surface area contributed by atoms with Gasteiger partial charge in [0.1, 0.15) is 12.1 Å². The highest BCUT2D eigenvalue weighted by Crippen LogP contribution is 2.54. The summed E-state index contributed by atoms with van der Waals surface area (Å²) >= 11 is 12.5. The summed E-state index contributed by atoms with van der Waals surface area (Å²) in [6.07, 6.45) is 0.831. The number of fused-ring (bicyclic) bond motifs is 6. The van der Waals surface area contributed by atoms with Gasteiger partial charge in [-0.1, -0.05) is 35.3 Å². The molecule has 0 aromatic heterocycles. The minimum absolute atomic E-state index is 0.00889. The Morgan fingerprint density at radius 2 is 1.76 bits per heavy atom. The van der Waals surface area contributed by atoms with Crippen LogP contribution in [0.4, 0.5) is 8.78 Å². The van der Waals surface area contributed by atoms with E-state index in [0.29, 0.717) is 24.1 Å². The zero-order valence-electron chi connectivity index (χ0n) is 22.4. The Hall–Kier alpha value is -3.26. The van der Waals surface area contributed by atoms with Gasteiger partial charge in [-0.15, -0.1) is 0 Å². The van der Waals surface area contributed by atoms with Gasteiger partial charge in [0, 0.05) is 46.1 Å². The smallest absolute Gasteiger partial charge is 0.264 e. The van der Waals surface area contributed by atoms with Crippen molar-refractivity contribution in [3.63, 3.8) is 0 Å². The molecule has 3 aliphatic heterocycles. The number of piperidine rings is 3. The number of alkyl halides is 2. The van der Waals surface area contributed by atoms with Crippen molar-refractivity contribution < 1.29 is 28.3 Å². The molecular weight excluding hydrogens is 589 g/mol. The van der Waals surface area contributed by atoms with Gasteiger partial charge in [0.25, 0.3) is 11.8 Å². The van der Waals surface area contributed by atoms with Gasteiger partial charge in [-0.25, -0.2) is 8.78 Å². The second-order valence-electron chi connectivity index (χ2n) is 11.6. The first kappa shape index (κ1) is 28.8. The number of benzene rings is 2. The summed E-state index contributed by atoms with van der Waals surface area (Å²) in [6.45, 7) is 0.530. The van der Waals surface area contributed by atoms with E-state index in [-0.39, 0.29) is 46.3 Å². The van der Waals surface area contributed by atoms with E-state index in [0.717, 1.165) is 11.3 Å². The summed E-state index contributed by atoms with van der Waals surface area (Å²) < 4.78 is 30.6. The quantitative estimate of drug-likeness (QED) is 0.466. The molecule has 2 aromatic rings. The van der Waals surface area contributed by atoms with Crippen LogP contribution in [0.15, 0.2) is 36.4 Å². The Bertz CT molecular complexity index is 1480. The summed E-state index contributed by atoms with van der Waals surface area (Å²) in [5.41, 5.74) is -0.942. The van der Waals surface area contributed by atoms with Crippen molar-refractivity contribution in [1.29, 1.82) is 5.26 Å². The van der Waals surface area contributed by atoms with Crippen LogP contribution in [0, 0.1) is 23.2 Å². The van der Waals surface area contributed by atoms with Crippen LogP contribution in [0.5, 0.6) is 0 Å². The number of rotatable bonds is 5. The minimum atomic E-state index is -3.24. The zero-order valence-corrected chi connectivity index (χ0v) is 23.9. The number of halogens is 4. The molecule has 3 N–H and O–H groups in total. The third kappa shape index (κ3) is 4.53. The van der Waals surface area contributed by atoms with Crippen LogP contribution in [0.3, 0.4) is 0 Å². The number of carbonyl (C=O) groups excluding carboxylic acids is 3. The average molecular weight is 617 g/mol. The number of carbonyl (C=O) groups is 3. The largest absolute Gasteiger partial charge is 0.372 e. The van der Waals surface area contributed by atoms with Crippen molar-refractivity contribution in [1.82, 2.24) is 15.5 Å². The zero-order chi connectivity index (χ0) is 30.0. The number of amides is 3. The molecule has 3 saturated heterocycles. The van der Waals surface area contributed by atoms with Gasteiger partial charge >= 0.3 is 0 Å². The van der Waals surface area contributed by atoms with Crippen LogP contribution in [-0.2, 0) is 20.0 Å². The maximum Gasteiger partial charge on any atom is 0.264 e. The third-order valence-electron chi connectivity index (χ3n) is 9.17. The van der Waals surface area contributed by atoms with Crippen molar-refractivity contribution in [3.05, 3.63) is 57.6 Å². The normalized spacial score (nSPS) is 27.3. The van der Waals surface area contributed by atoms with Gasteiger partial charge in [-0.3, -0.25) is 14.4 Å². The molecule has 5 aliphatic rings. The van der Waals surface area contributed by atoms with Gasteiger partial charge in [0.2, 0.25) is 11.8 Å². The van der Waals surface area contributed by atoms with Gasteiger partial charge < -0.3 is 20.6 Å². The van der Waals surface area contributed by atoms with Crippen molar-refractivity contribution in [3.8, 4) is 17.2 Å². The molecule has 2 aliphatic carbocycles. The minimum Gasteiger partial charge on any atom is -0.372 e. The van der Waals surface area contributed by atoms with Crippen molar-refractivity contribution in [2.45, 2.75) is 68.2 Å². The first-order valence-corrected chi connectivity index (χ1v) is 14.7. The maximum absolute atomic E-state index is 15.3. The molecule has 0 unspecified atom stereocenters. The molecule has 4 fully saturated rings. The molecule has 2 aromatic carbocycles. The number of nitrogens with zero attached hydrogens (tertiary/aromatic N) is 2. The van der Waals surface area contributed by atoms with Gasteiger partial charge in [-0.05, 0) is 67.5 Å². The lowest BCUT2D eigenvalue weighted by Gasteiger charge is -2.54. The molecule has 12 heteroatoms. The molecular formula is C30H28Cl2F2N4O4. The molecule has 8 nitrogen and oxygen atoms in total. The molecule has 5 atom stereocenters. The lowest BCUT2D eigenvalue weighted by molar-refractivity contribution is -0.201. The van der Waals surface area contributed by atoms with Crippen LogP contribution >= 0.6 is 23.2 Å². The highest BCUT2D eigenvalue weighted by Gasteiger charge is 2.63. The molecule has 2 bridgehead atoms. The lowest BCUT2D eigenvalue weighted by atomic mass is 9.70. The fraction of sp³-hybridized carbons (Fsp3) is 0.467. The molecule has 42 heavy (non-hydrogen) atoms. The van der Waals surface area contributed by atoms with E-state index >= 15 is 8.78 Å². The van der Waals surface area contributed by atoms with Crippen LogP contribution in [-0.4, -0.2) is 58.3 Å². The molecule has 1 saturated carbocycles. The van der Waals surface area contributed by atoms with E-state index in [1.807, 2.05) is 6.07 Å². The average Bonchev–Trinajstić information content (AvgIpc) is 3.20.